The van der Waals surface area contributed by atoms with Crippen molar-refractivity contribution in [3.63, 3.8) is 0 Å². The monoisotopic (exact) mass is 1010 g/mol. The number of aryl methyl sites for hydroxylation is 1. The number of carbonyl (C=O) groups excluding carboxylic acids is 2. The highest BCUT2D eigenvalue weighted by atomic mass is 16.7. The molecule has 0 saturated heterocycles. The first kappa shape index (κ1) is 56.7. The fraction of sp³-hybridized carbons (Fsp3) is 0.544. The summed E-state index contributed by atoms with van der Waals surface area (Å²) in [5.74, 6) is 3.17. The van der Waals surface area contributed by atoms with Crippen molar-refractivity contribution >= 4 is 12.2 Å². The molecule has 4 atom stereocenters. The molecule has 400 valence electrons. The summed E-state index contributed by atoms with van der Waals surface area (Å²) in [6.45, 7) is 15.3. The van der Waals surface area contributed by atoms with Crippen LogP contribution in [0.25, 0.3) is 0 Å². The molecular formula is C57H80N4O12. The number of benzene rings is 4. The van der Waals surface area contributed by atoms with E-state index in [2.05, 4.69) is 16.1 Å². The fourth-order valence-electron chi connectivity index (χ4n) is 8.70. The van der Waals surface area contributed by atoms with Gasteiger partial charge in [0.05, 0.1) is 43.0 Å². The third kappa shape index (κ3) is 20.7. The van der Waals surface area contributed by atoms with E-state index in [0.717, 1.165) is 78.2 Å². The van der Waals surface area contributed by atoms with Crippen LogP contribution in [0.15, 0.2) is 97.1 Å². The van der Waals surface area contributed by atoms with E-state index >= 15 is 0 Å². The Morgan fingerprint density at radius 3 is 1.68 bits per heavy atom. The molecular weight excluding hydrogens is 933 g/mol. The van der Waals surface area contributed by atoms with E-state index in [-0.39, 0.29) is 25.3 Å². The largest absolute Gasteiger partial charge is 0.486 e. The van der Waals surface area contributed by atoms with E-state index in [9.17, 15) is 19.8 Å². The van der Waals surface area contributed by atoms with Gasteiger partial charge in [0.15, 0.2) is 23.0 Å². The number of alkyl carbamates (subject to hydrolysis) is 2. The van der Waals surface area contributed by atoms with Crippen molar-refractivity contribution in [1.29, 1.82) is 0 Å². The van der Waals surface area contributed by atoms with Gasteiger partial charge >= 0.3 is 12.2 Å². The van der Waals surface area contributed by atoms with Crippen LogP contribution in [0.1, 0.15) is 115 Å². The van der Waals surface area contributed by atoms with Gasteiger partial charge in [-0.05, 0) is 134 Å². The molecule has 5 N–H and O–H groups in total. The average molecular weight is 1010 g/mol. The lowest BCUT2D eigenvalue weighted by atomic mass is 10.0. The van der Waals surface area contributed by atoms with Crippen LogP contribution < -0.4 is 35.1 Å². The lowest BCUT2D eigenvalue weighted by Crippen LogP contribution is -2.50. The number of amides is 2. The molecule has 2 amide bonds. The van der Waals surface area contributed by atoms with Crippen molar-refractivity contribution in [2.75, 3.05) is 33.1 Å². The quantitative estimate of drug-likeness (QED) is 0.0594. The second-order valence-corrected chi connectivity index (χ2v) is 21.1. The molecule has 4 aromatic carbocycles. The lowest BCUT2D eigenvalue weighted by molar-refractivity contribution is -0.214. The van der Waals surface area contributed by atoms with Gasteiger partial charge in [0.25, 0.3) is 0 Å². The molecule has 0 spiro atoms. The van der Waals surface area contributed by atoms with Crippen LogP contribution in [0.2, 0.25) is 0 Å². The van der Waals surface area contributed by atoms with Crippen molar-refractivity contribution in [1.82, 2.24) is 21.2 Å². The Labute approximate surface area is 432 Å². The Hall–Kier alpha value is -5.62. The van der Waals surface area contributed by atoms with E-state index in [0.29, 0.717) is 39.4 Å². The summed E-state index contributed by atoms with van der Waals surface area (Å²) in [6, 6.07) is 30.3. The topological polar surface area (TPSA) is 188 Å². The minimum Gasteiger partial charge on any atom is -0.486 e. The van der Waals surface area contributed by atoms with Crippen LogP contribution in [0, 0.1) is 6.92 Å². The molecule has 2 fully saturated rings. The molecule has 2 heterocycles. The summed E-state index contributed by atoms with van der Waals surface area (Å²) in [6.07, 6.45) is 7.26. The highest BCUT2D eigenvalue weighted by Crippen LogP contribution is 2.33. The maximum atomic E-state index is 12.6. The van der Waals surface area contributed by atoms with Gasteiger partial charge in [-0.2, -0.15) is 10.5 Å². The molecule has 2 saturated carbocycles. The van der Waals surface area contributed by atoms with Crippen molar-refractivity contribution in [2.45, 2.75) is 167 Å². The van der Waals surface area contributed by atoms with Gasteiger partial charge in [0, 0.05) is 13.1 Å². The van der Waals surface area contributed by atoms with Gasteiger partial charge in [-0.25, -0.2) is 9.59 Å². The number of carbonyl (C=O) groups is 2. The van der Waals surface area contributed by atoms with Crippen LogP contribution in [-0.4, -0.2) is 108 Å². The summed E-state index contributed by atoms with van der Waals surface area (Å²) >= 11 is 0. The summed E-state index contributed by atoms with van der Waals surface area (Å²) < 4.78 is 32.5. The zero-order valence-electron chi connectivity index (χ0n) is 43.9. The second kappa shape index (κ2) is 28.2. The number of ether oxygens (including phenoxy) is 6. The molecule has 2 aliphatic carbocycles. The zero-order chi connectivity index (χ0) is 52.2. The standard InChI is InChI=1S/C29H40N2O6.C20H32N2O4.C8H8O2/c1-29(2,3)36-28(33)30-24(17-21-9-5-4-6-10-21)25(32)20-31(37-23-11-7-8-12-23)19-22-13-14-26-27(18-22)35-16-15-34-26;1-20(2,3)25-19(24)22-17(13-15-9-5-4-6-10-15)18(23)14-21-26-16-11-7-8-12-16;1-6-2-3-7-8(4-6)10-5-9-7/h4-6,9-10,13-14,18,23-25,32H,7-8,11-12,15-17,19-20H2,1-3H3,(H,30,33);4-6,9-10,16-18,21,23H,7-8,11-14H2,1-3H3,(H,22,24);2-4H,5H2,1H3. The van der Waals surface area contributed by atoms with Gasteiger partial charge in [0.2, 0.25) is 6.79 Å². The number of hydroxylamine groups is 3. The third-order valence-corrected chi connectivity index (χ3v) is 12.3. The highest BCUT2D eigenvalue weighted by molar-refractivity contribution is 5.68. The first-order chi connectivity index (χ1) is 34.9. The van der Waals surface area contributed by atoms with Crippen LogP contribution in [0.5, 0.6) is 23.0 Å². The summed E-state index contributed by atoms with van der Waals surface area (Å²) in [4.78, 5) is 36.8. The Morgan fingerprint density at radius 2 is 1.11 bits per heavy atom. The minimum atomic E-state index is -0.897. The predicted octanol–water partition coefficient (Wildman–Crippen LogP) is 9.30. The molecule has 0 bridgehead atoms. The van der Waals surface area contributed by atoms with Gasteiger partial charge < -0.3 is 49.3 Å². The normalized spacial score (nSPS) is 17.0. The first-order valence-electron chi connectivity index (χ1n) is 25.9. The Bertz CT molecular complexity index is 2260. The van der Waals surface area contributed by atoms with Crippen molar-refractivity contribution in [2.24, 2.45) is 0 Å². The van der Waals surface area contributed by atoms with Crippen molar-refractivity contribution < 1.29 is 57.9 Å². The number of nitrogens with one attached hydrogen (secondary N) is 3. The molecule has 16 nitrogen and oxygen atoms in total. The van der Waals surface area contributed by atoms with Gasteiger partial charge in [-0.1, -0.05) is 98.5 Å². The minimum absolute atomic E-state index is 0.121. The zero-order valence-corrected chi connectivity index (χ0v) is 43.9. The van der Waals surface area contributed by atoms with Crippen molar-refractivity contribution in [3.8, 4) is 23.0 Å². The molecule has 2 aliphatic heterocycles. The van der Waals surface area contributed by atoms with Crippen molar-refractivity contribution in [3.05, 3.63) is 119 Å². The molecule has 8 rings (SSSR count). The first-order valence-corrected chi connectivity index (χ1v) is 25.9. The summed E-state index contributed by atoms with van der Waals surface area (Å²) in [7, 11) is 0. The van der Waals surface area contributed by atoms with E-state index < -0.39 is 47.7 Å². The number of nitrogens with zero attached hydrogens (tertiary/aromatic N) is 1. The molecule has 4 unspecified atom stereocenters. The maximum Gasteiger partial charge on any atom is 0.407 e. The smallest absolute Gasteiger partial charge is 0.407 e. The molecule has 16 heteroatoms. The van der Waals surface area contributed by atoms with Crippen LogP contribution in [0.3, 0.4) is 0 Å². The summed E-state index contributed by atoms with van der Waals surface area (Å²) in [5.41, 5.74) is 5.89. The van der Waals surface area contributed by atoms with Gasteiger partial charge in [0.1, 0.15) is 24.4 Å². The molecule has 73 heavy (non-hydrogen) atoms. The van der Waals surface area contributed by atoms with E-state index in [1.54, 1.807) is 0 Å². The number of rotatable bonds is 18. The number of hydrogen-bond acceptors (Lipinski definition) is 14. The van der Waals surface area contributed by atoms with Gasteiger partial charge in [-0.15, -0.1) is 0 Å². The summed E-state index contributed by atoms with van der Waals surface area (Å²) in [5, 5.41) is 29.5. The predicted molar refractivity (Wildman–Crippen MR) is 278 cm³/mol. The molecule has 0 aromatic heterocycles. The van der Waals surface area contributed by atoms with E-state index in [1.165, 1.54) is 18.4 Å². The molecule has 4 aromatic rings. The van der Waals surface area contributed by atoms with E-state index in [1.807, 2.05) is 151 Å². The number of hydrogen-bond donors (Lipinski definition) is 5. The number of aliphatic hydroxyl groups excluding tert-OH is 2. The highest BCUT2D eigenvalue weighted by Gasteiger charge is 2.30. The fourth-order valence-corrected chi connectivity index (χ4v) is 8.70. The Morgan fingerprint density at radius 1 is 0.616 bits per heavy atom. The SMILES string of the molecule is CC(C)(C)OC(=O)NC(Cc1ccccc1)C(O)CN(Cc1ccc2c(c1)OCCO2)OC1CCCC1.CC(C)(C)OC(=O)NC(Cc1ccccc1)C(O)CNOC1CCCC1.Cc1ccc2c(c1)OCO2. The third-order valence-electron chi connectivity index (χ3n) is 12.3. The maximum absolute atomic E-state index is 12.6. The van der Waals surface area contributed by atoms with E-state index in [4.69, 9.17) is 38.1 Å². The Kier molecular flexibility index (Phi) is 21.9. The number of aliphatic hydroxyl groups is 2. The number of fused-ring (bicyclic) bond motifs is 2. The van der Waals surface area contributed by atoms with Gasteiger partial charge in [-0.3, -0.25) is 9.68 Å². The second-order valence-electron chi connectivity index (χ2n) is 21.1. The molecule has 0 radical (unpaired) electrons. The lowest BCUT2D eigenvalue weighted by Gasteiger charge is -2.32. The van der Waals surface area contributed by atoms with Crippen LogP contribution in [-0.2, 0) is 38.5 Å². The van der Waals surface area contributed by atoms with Crippen LogP contribution >= 0.6 is 0 Å². The molecule has 4 aliphatic rings. The average Bonchev–Trinajstić information content (AvgIpc) is 4.16. The van der Waals surface area contributed by atoms with Crippen LogP contribution in [0.4, 0.5) is 9.59 Å². The Balaban J connectivity index is 0.000000207.